The third-order valence-corrected chi connectivity index (χ3v) is 4.93. The Morgan fingerprint density at radius 1 is 1.17 bits per heavy atom. The first kappa shape index (κ1) is 16.4. The number of methoxy groups -OCH3 is 1. The van der Waals surface area contributed by atoms with Crippen LogP contribution in [0.15, 0.2) is 46.9 Å². The summed E-state index contributed by atoms with van der Waals surface area (Å²) in [6.07, 6.45) is 0. The van der Waals surface area contributed by atoms with Gasteiger partial charge in [-0.15, -0.1) is 0 Å². The minimum absolute atomic E-state index is 0.0214. The van der Waals surface area contributed by atoms with Crippen LogP contribution in [0.25, 0.3) is 0 Å². The maximum Gasteiger partial charge on any atom is 0.165 e. The van der Waals surface area contributed by atoms with Crippen LogP contribution in [0.2, 0.25) is 0 Å². The SMILES string of the molecule is COc1ccc(C(c2ccccc2Br)N2CCNCC2)cc1F. The Bertz CT molecular complexity index is 674. The summed E-state index contributed by atoms with van der Waals surface area (Å²) in [4.78, 5) is 2.39. The van der Waals surface area contributed by atoms with Gasteiger partial charge in [0.15, 0.2) is 11.6 Å². The fourth-order valence-corrected chi connectivity index (χ4v) is 3.58. The van der Waals surface area contributed by atoms with Crippen LogP contribution in [-0.4, -0.2) is 38.2 Å². The summed E-state index contributed by atoms with van der Waals surface area (Å²) in [6.45, 7) is 3.75. The van der Waals surface area contributed by atoms with E-state index < -0.39 is 0 Å². The summed E-state index contributed by atoms with van der Waals surface area (Å²) < 4.78 is 20.3. The van der Waals surface area contributed by atoms with Crippen LogP contribution in [0.3, 0.4) is 0 Å². The van der Waals surface area contributed by atoms with Gasteiger partial charge in [-0.3, -0.25) is 4.90 Å². The molecule has 2 aromatic rings. The van der Waals surface area contributed by atoms with E-state index in [1.54, 1.807) is 12.1 Å². The minimum Gasteiger partial charge on any atom is -0.494 e. The molecule has 3 rings (SSSR count). The van der Waals surface area contributed by atoms with Gasteiger partial charge in [0.25, 0.3) is 0 Å². The third kappa shape index (κ3) is 3.57. The molecule has 0 bridgehead atoms. The van der Waals surface area contributed by atoms with E-state index in [4.69, 9.17) is 4.74 Å². The van der Waals surface area contributed by atoms with Gasteiger partial charge in [-0.1, -0.05) is 40.2 Å². The van der Waals surface area contributed by atoms with E-state index in [0.717, 1.165) is 41.8 Å². The van der Waals surface area contributed by atoms with E-state index in [1.165, 1.54) is 7.11 Å². The molecule has 122 valence electrons. The Balaban J connectivity index is 2.04. The molecule has 1 fully saturated rings. The molecule has 1 unspecified atom stereocenters. The zero-order chi connectivity index (χ0) is 16.2. The van der Waals surface area contributed by atoms with E-state index in [0.29, 0.717) is 0 Å². The molecular weight excluding hydrogens is 359 g/mol. The molecule has 1 N–H and O–H groups in total. The highest BCUT2D eigenvalue weighted by Gasteiger charge is 2.26. The first-order valence-electron chi connectivity index (χ1n) is 7.73. The van der Waals surface area contributed by atoms with Crippen LogP contribution < -0.4 is 10.1 Å². The van der Waals surface area contributed by atoms with Crippen molar-refractivity contribution in [2.24, 2.45) is 0 Å². The van der Waals surface area contributed by atoms with E-state index >= 15 is 0 Å². The molecule has 0 aromatic heterocycles. The summed E-state index contributed by atoms with van der Waals surface area (Å²) in [6, 6.07) is 13.4. The number of nitrogens with one attached hydrogen (secondary N) is 1. The van der Waals surface area contributed by atoms with E-state index in [-0.39, 0.29) is 17.6 Å². The lowest BCUT2D eigenvalue weighted by Gasteiger charge is -2.36. The Kier molecular flexibility index (Phi) is 5.30. The molecule has 2 aromatic carbocycles. The van der Waals surface area contributed by atoms with Crippen molar-refractivity contribution in [3.63, 3.8) is 0 Å². The second kappa shape index (κ2) is 7.43. The minimum atomic E-state index is -0.322. The third-order valence-electron chi connectivity index (χ3n) is 4.21. The lowest BCUT2D eigenvalue weighted by atomic mass is 9.96. The maximum absolute atomic E-state index is 14.2. The molecule has 0 saturated carbocycles. The fraction of sp³-hybridized carbons (Fsp3) is 0.333. The van der Waals surface area contributed by atoms with Gasteiger partial charge in [-0.05, 0) is 29.3 Å². The number of piperazine rings is 1. The zero-order valence-corrected chi connectivity index (χ0v) is 14.6. The Hall–Kier alpha value is -1.43. The number of hydrogen-bond donors (Lipinski definition) is 1. The van der Waals surface area contributed by atoms with Crippen LogP contribution in [0.1, 0.15) is 17.2 Å². The van der Waals surface area contributed by atoms with Crippen LogP contribution in [0.5, 0.6) is 5.75 Å². The van der Waals surface area contributed by atoms with Gasteiger partial charge in [-0.25, -0.2) is 4.39 Å². The van der Waals surface area contributed by atoms with Crippen molar-refractivity contribution in [3.8, 4) is 5.75 Å². The van der Waals surface area contributed by atoms with Crippen LogP contribution in [0, 0.1) is 5.82 Å². The predicted molar refractivity (Wildman–Crippen MR) is 93.4 cm³/mol. The highest BCUT2D eigenvalue weighted by atomic mass is 79.9. The first-order chi connectivity index (χ1) is 11.2. The normalized spacial score (nSPS) is 17.0. The topological polar surface area (TPSA) is 24.5 Å². The second-order valence-electron chi connectivity index (χ2n) is 5.60. The molecule has 0 amide bonds. The lowest BCUT2D eigenvalue weighted by Crippen LogP contribution is -2.45. The van der Waals surface area contributed by atoms with Crippen molar-refractivity contribution in [1.29, 1.82) is 0 Å². The second-order valence-corrected chi connectivity index (χ2v) is 6.46. The van der Waals surface area contributed by atoms with E-state index in [2.05, 4.69) is 32.2 Å². The quantitative estimate of drug-likeness (QED) is 0.879. The first-order valence-corrected chi connectivity index (χ1v) is 8.52. The molecule has 1 heterocycles. The highest BCUT2D eigenvalue weighted by Crippen LogP contribution is 2.35. The molecule has 3 nitrogen and oxygen atoms in total. The smallest absolute Gasteiger partial charge is 0.165 e. The molecule has 23 heavy (non-hydrogen) atoms. The molecule has 0 aliphatic carbocycles. The van der Waals surface area contributed by atoms with Crippen molar-refractivity contribution < 1.29 is 9.13 Å². The predicted octanol–water partition coefficient (Wildman–Crippen LogP) is 3.59. The lowest BCUT2D eigenvalue weighted by molar-refractivity contribution is 0.197. The Morgan fingerprint density at radius 3 is 2.57 bits per heavy atom. The number of nitrogens with zero attached hydrogens (tertiary/aromatic N) is 1. The van der Waals surface area contributed by atoms with Crippen LogP contribution in [-0.2, 0) is 0 Å². The molecule has 5 heteroatoms. The van der Waals surface area contributed by atoms with E-state index in [9.17, 15) is 4.39 Å². The molecule has 1 atom stereocenters. The van der Waals surface area contributed by atoms with Crippen LogP contribution in [0.4, 0.5) is 4.39 Å². The summed E-state index contributed by atoms with van der Waals surface area (Å²) in [5.41, 5.74) is 2.09. The number of rotatable bonds is 4. The monoisotopic (exact) mass is 378 g/mol. The van der Waals surface area contributed by atoms with Gasteiger partial charge in [0.1, 0.15) is 0 Å². The Labute approximate surface area is 144 Å². The van der Waals surface area contributed by atoms with Gasteiger partial charge in [0.2, 0.25) is 0 Å². The average molecular weight is 379 g/mol. The van der Waals surface area contributed by atoms with Gasteiger partial charge >= 0.3 is 0 Å². The summed E-state index contributed by atoms with van der Waals surface area (Å²) >= 11 is 3.65. The van der Waals surface area contributed by atoms with Crippen molar-refractivity contribution in [1.82, 2.24) is 10.2 Å². The number of benzene rings is 2. The molecule has 0 spiro atoms. The summed E-state index contributed by atoms with van der Waals surface area (Å²) in [5.74, 6) is -0.0443. The van der Waals surface area contributed by atoms with Gasteiger partial charge in [0, 0.05) is 30.7 Å². The van der Waals surface area contributed by atoms with Crippen molar-refractivity contribution in [3.05, 3.63) is 63.9 Å². The summed E-state index contributed by atoms with van der Waals surface area (Å²) in [5, 5.41) is 3.37. The maximum atomic E-state index is 14.2. The zero-order valence-electron chi connectivity index (χ0n) is 13.1. The van der Waals surface area contributed by atoms with Gasteiger partial charge in [0.05, 0.1) is 13.2 Å². The van der Waals surface area contributed by atoms with Crippen molar-refractivity contribution >= 4 is 15.9 Å². The largest absolute Gasteiger partial charge is 0.494 e. The average Bonchev–Trinajstić information content (AvgIpc) is 2.58. The number of hydrogen-bond acceptors (Lipinski definition) is 3. The van der Waals surface area contributed by atoms with Crippen molar-refractivity contribution in [2.75, 3.05) is 33.3 Å². The van der Waals surface area contributed by atoms with Crippen molar-refractivity contribution in [2.45, 2.75) is 6.04 Å². The van der Waals surface area contributed by atoms with E-state index in [1.807, 2.05) is 24.3 Å². The molecule has 0 radical (unpaired) electrons. The summed E-state index contributed by atoms with van der Waals surface area (Å²) in [7, 11) is 1.49. The number of halogens is 2. The Morgan fingerprint density at radius 2 is 1.91 bits per heavy atom. The molecular formula is C18H20BrFN2O. The molecule has 1 saturated heterocycles. The molecule has 1 aliphatic heterocycles. The fourth-order valence-electron chi connectivity index (χ4n) is 3.08. The van der Waals surface area contributed by atoms with Gasteiger partial charge < -0.3 is 10.1 Å². The highest BCUT2D eigenvalue weighted by molar-refractivity contribution is 9.10. The van der Waals surface area contributed by atoms with Crippen LogP contribution >= 0.6 is 15.9 Å². The standard InChI is InChI=1S/C18H20BrFN2O/c1-23-17-7-6-13(12-16(17)20)18(22-10-8-21-9-11-22)14-4-2-3-5-15(14)19/h2-7,12,18,21H,8-11H2,1H3. The van der Waals surface area contributed by atoms with Gasteiger partial charge in [-0.2, -0.15) is 0 Å². The molecule has 1 aliphatic rings. The number of ether oxygens (including phenoxy) is 1.